The average molecular weight is 232 g/mol. The van der Waals surface area contributed by atoms with Gasteiger partial charge in [0.2, 0.25) is 0 Å². The van der Waals surface area contributed by atoms with Gasteiger partial charge in [-0.15, -0.1) is 0 Å². The van der Waals surface area contributed by atoms with Crippen LogP contribution in [0.25, 0.3) is 0 Å². The molecule has 0 saturated carbocycles. The van der Waals surface area contributed by atoms with Crippen molar-refractivity contribution in [2.75, 3.05) is 25.0 Å². The van der Waals surface area contributed by atoms with Gasteiger partial charge in [0.25, 0.3) is 0 Å². The van der Waals surface area contributed by atoms with Crippen molar-refractivity contribution in [3.63, 3.8) is 0 Å². The van der Waals surface area contributed by atoms with Crippen LogP contribution in [0.5, 0.6) is 0 Å². The molecule has 0 bridgehead atoms. The van der Waals surface area contributed by atoms with E-state index in [-0.39, 0.29) is 0 Å². The summed E-state index contributed by atoms with van der Waals surface area (Å²) >= 11 is 0. The smallest absolute Gasteiger partial charge is 0.0386 e. The minimum absolute atomic E-state index is 1.07. The standard InChI is InChI=1S/C15H24N2/c1-2-3-4-7-11-17-12-10-16-15-9-6-5-8-14(15)13-17/h5-6,8-9,16H,2-4,7,10-13H2,1H3. The Morgan fingerprint density at radius 3 is 2.94 bits per heavy atom. The molecule has 1 aliphatic heterocycles. The number of unbranched alkanes of at least 4 members (excludes halogenated alkanes) is 3. The molecule has 0 radical (unpaired) electrons. The number of nitrogens with one attached hydrogen (secondary N) is 1. The van der Waals surface area contributed by atoms with E-state index in [4.69, 9.17) is 0 Å². The number of hydrogen-bond acceptors (Lipinski definition) is 2. The van der Waals surface area contributed by atoms with Crippen molar-refractivity contribution >= 4 is 5.69 Å². The zero-order chi connectivity index (χ0) is 11.9. The van der Waals surface area contributed by atoms with E-state index in [1.54, 1.807) is 0 Å². The number of anilines is 1. The molecule has 0 aliphatic carbocycles. The number of fused-ring (bicyclic) bond motifs is 1. The fraction of sp³-hybridized carbons (Fsp3) is 0.600. The number of nitrogens with zero attached hydrogens (tertiary/aromatic N) is 1. The van der Waals surface area contributed by atoms with Gasteiger partial charge in [-0.2, -0.15) is 0 Å². The summed E-state index contributed by atoms with van der Waals surface area (Å²) in [6.07, 6.45) is 5.42. The molecule has 0 fully saturated rings. The van der Waals surface area contributed by atoms with Crippen LogP contribution in [0.15, 0.2) is 24.3 Å². The molecule has 1 heterocycles. The zero-order valence-electron chi connectivity index (χ0n) is 10.9. The highest BCUT2D eigenvalue weighted by atomic mass is 15.1. The maximum Gasteiger partial charge on any atom is 0.0386 e. The fourth-order valence-corrected chi connectivity index (χ4v) is 2.45. The summed E-state index contributed by atoms with van der Waals surface area (Å²) in [5.74, 6) is 0. The van der Waals surface area contributed by atoms with E-state index >= 15 is 0 Å². The summed E-state index contributed by atoms with van der Waals surface area (Å²) < 4.78 is 0. The molecule has 94 valence electrons. The highest BCUT2D eigenvalue weighted by molar-refractivity contribution is 5.51. The highest BCUT2D eigenvalue weighted by Gasteiger charge is 2.12. The second-order valence-corrected chi connectivity index (χ2v) is 4.92. The van der Waals surface area contributed by atoms with Gasteiger partial charge in [-0.25, -0.2) is 0 Å². The molecule has 2 rings (SSSR count). The van der Waals surface area contributed by atoms with Crippen LogP contribution >= 0.6 is 0 Å². The molecule has 17 heavy (non-hydrogen) atoms. The van der Waals surface area contributed by atoms with E-state index in [0.29, 0.717) is 0 Å². The number of rotatable bonds is 5. The monoisotopic (exact) mass is 232 g/mol. The third kappa shape index (κ3) is 3.74. The molecule has 0 saturated heterocycles. The Morgan fingerprint density at radius 1 is 1.18 bits per heavy atom. The maximum absolute atomic E-state index is 3.51. The van der Waals surface area contributed by atoms with Crippen LogP contribution in [0, 0.1) is 0 Å². The van der Waals surface area contributed by atoms with Crippen molar-refractivity contribution in [2.24, 2.45) is 0 Å². The van der Waals surface area contributed by atoms with Crippen molar-refractivity contribution in [1.82, 2.24) is 4.90 Å². The van der Waals surface area contributed by atoms with Crippen LogP contribution in [-0.2, 0) is 6.54 Å². The van der Waals surface area contributed by atoms with Crippen LogP contribution in [0.3, 0.4) is 0 Å². The van der Waals surface area contributed by atoms with Gasteiger partial charge in [0, 0.05) is 25.3 Å². The first-order valence-electron chi connectivity index (χ1n) is 6.94. The first-order chi connectivity index (χ1) is 8.40. The molecule has 1 aliphatic rings. The van der Waals surface area contributed by atoms with Gasteiger partial charge in [0.1, 0.15) is 0 Å². The quantitative estimate of drug-likeness (QED) is 0.782. The predicted molar refractivity (Wildman–Crippen MR) is 74.4 cm³/mol. The van der Waals surface area contributed by atoms with Gasteiger partial charge in [0.15, 0.2) is 0 Å². The second-order valence-electron chi connectivity index (χ2n) is 4.92. The zero-order valence-corrected chi connectivity index (χ0v) is 10.9. The molecule has 0 aromatic heterocycles. The van der Waals surface area contributed by atoms with Crippen LogP contribution in [0.1, 0.15) is 38.2 Å². The predicted octanol–water partition coefficient (Wildman–Crippen LogP) is 3.49. The van der Waals surface area contributed by atoms with E-state index in [9.17, 15) is 0 Å². The van der Waals surface area contributed by atoms with Crippen LogP contribution in [0.2, 0.25) is 0 Å². The maximum atomic E-state index is 3.51. The Morgan fingerprint density at radius 2 is 2.06 bits per heavy atom. The second kappa shape index (κ2) is 6.65. The van der Waals surface area contributed by atoms with E-state index in [1.165, 1.54) is 50.0 Å². The molecular weight excluding hydrogens is 208 g/mol. The van der Waals surface area contributed by atoms with Gasteiger partial charge in [-0.1, -0.05) is 44.4 Å². The van der Waals surface area contributed by atoms with Crippen molar-refractivity contribution in [3.8, 4) is 0 Å². The summed E-state index contributed by atoms with van der Waals surface area (Å²) in [7, 11) is 0. The Balaban J connectivity index is 1.85. The summed E-state index contributed by atoms with van der Waals surface area (Å²) in [5.41, 5.74) is 2.77. The first-order valence-corrected chi connectivity index (χ1v) is 6.94. The number of benzene rings is 1. The third-order valence-electron chi connectivity index (χ3n) is 3.48. The molecule has 0 amide bonds. The van der Waals surface area contributed by atoms with Gasteiger partial charge in [-0.3, -0.25) is 4.90 Å². The lowest BCUT2D eigenvalue weighted by Crippen LogP contribution is -2.27. The van der Waals surface area contributed by atoms with Gasteiger partial charge in [-0.05, 0) is 24.6 Å². The highest BCUT2D eigenvalue weighted by Crippen LogP contribution is 2.19. The van der Waals surface area contributed by atoms with Crippen molar-refractivity contribution in [2.45, 2.75) is 39.2 Å². The number of hydrogen-bond donors (Lipinski definition) is 1. The molecule has 1 aromatic carbocycles. The molecule has 2 nitrogen and oxygen atoms in total. The van der Waals surface area contributed by atoms with Crippen LogP contribution in [0.4, 0.5) is 5.69 Å². The van der Waals surface area contributed by atoms with Crippen molar-refractivity contribution in [3.05, 3.63) is 29.8 Å². The molecular formula is C15H24N2. The molecule has 0 unspecified atom stereocenters. The summed E-state index contributed by atoms with van der Waals surface area (Å²) in [5, 5.41) is 3.51. The minimum atomic E-state index is 1.07. The van der Waals surface area contributed by atoms with E-state index in [1.807, 2.05) is 0 Å². The normalized spacial score (nSPS) is 16.1. The van der Waals surface area contributed by atoms with E-state index < -0.39 is 0 Å². The lowest BCUT2D eigenvalue weighted by molar-refractivity contribution is 0.273. The minimum Gasteiger partial charge on any atom is -0.383 e. The lowest BCUT2D eigenvalue weighted by atomic mass is 10.1. The van der Waals surface area contributed by atoms with Crippen molar-refractivity contribution in [1.29, 1.82) is 0 Å². The Hall–Kier alpha value is -1.02. The molecule has 1 N–H and O–H groups in total. The lowest BCUT2D eigenvalue weighted by Gasteiger charge is -2.19. The van der Waals surface area contributed by atoms with E-state index in [2.05, 4.69) is 41.4 Å². The van der Waals surface area contributed by atoms with Crippen molar-refractivity contribution < 1.29 is 0 Å². The molecule has 2 heteroatoms. The SMILES string of the molecule is CCCCCCN1CCNc2ccccc2C1. The summed E-state index contributed by atoms with van der Waals surface area (Å²) in [4.78, 5) is 2.58. The largest absolute Gasteiger partial charge is 0.383 e. The molecule has 0 spiro atoms. The Labute approximate surface area is 105 Å². The van der Waals surface area contributed by atoms with Crippen LogP contribution < -0.4 is 5.32 Å². The fourth-order valence-electron chi connectivity index (χ4n) is 2.45. The Kier molecular flexibility index (Phi) is 4.87. The van der Waals surface area contributed by atoms with Gasteiger partial charge < -0.3 is 5.32 Å². The summed E-state index contributed by atoms with van der Waals surface area (Å²) in [6.45, 7) is 6.86. The summed E-state index contributed by atoms with van der Waals surface area (Å²) in [6, 6.07) is 8.69. The molecule has 1 aromatic rings. The van der Waals surface area contributed by atoms with Gasteiger partial charge in [0.05, 0.1) is 0 Å². The topological polar surface area (TPSA) is 15.3 Å². The third-order valence-corrected chi connectivity index (χ3v) is 3.48. The first kappa shape index (κ1) is 12.4. The van der Waals surface area contributed by atoms with E-state index in [0.717, 1.165) is 13.1 Å². The Bertz CT molecular complexity index is 335. The number of para-hydroxylation sites is 1. The van der Waals surface area contributed by atoms with Gasteiger partial charge >= 0.3 is 0 Å². The van der Waals surface area contributed by atoms with Crippen LogP contribution in [-0.4, -0.2) is 24.5 Å². The molecule has 0 atom stereocenters. The average Bonchev–Trinajstić information content (AvgIpc) is 2.56.